The molecule has 0 amide bonds. The third-order valence-corrected chi connectivity index (χ3v) is 2.63. The van der Waals surface area contributed by atoms with E-state index in [9.17, 15) is 8.42 Å². The van der Waals surface area contributed by atoms with Crippen molar-refractivity contribution in [3.8, 4) is 0 Å². The van der Waals surface area contributed by atoms with Gasteiger partial charge >= 0.3 is 0 Å². The normalized spacial score (nSPS) is 11.6. The molecule has 0 heterocycles. The lowest BCUT2D eigenvalue weighted by Gasteiger charge is -2.00. The Hall–Kier alpha value is -0.830. The molecule has 1 rings (SSSR count). The monoisotopic (exact) mass is 183 g/mol. The Morgan fingerprint density at radius 1 is 1.17 bits per heavy atom. The summed E-state index contributed by atoms with van der Waals surface area (Å²) in [5.41, 5.74) is 1.71. The molecule has 0 atom stereocenters. The smallest absolute Gasteiger partial charge is 0.175 e. The van der Waals surface area contributed by atoms with Gasteiger partial charge in [0.2, 0.25) is 0 Å². The molecule has 0 aliphatic rings. The van der Waals surface area contributed by atoms with Crippen LogP contribution in [0.2, 0.25) is 0 Å². The van der Waals surface area contributed by atoms with Crippen molar-refractivity contribution in [1.29, 1.82) is 0 Å². The van der Waals surface area contributed by atoms with Crippen LogP contribution in [0.25, 0.3) is 0 Å². The Labute approximate surface area is 73.2 Å². The summed E-state index contributed by atoms with van der Waals surface area (Å²) in [6.07, 6.45) is 1.21. The van der Waals surface area contributed by atoms with E-state index in [1.165, 1.54) is 6.26 Å². The van der Waals surface area contributed by atoms with Gasteiger partial charge in [0.1, 0.15) is 0 Å². The molecule has 3 heteroatoms. The van der Waals surface area contributed by atoms with E-state index in [1.54, 1.807) is 12.1 Å². The van der Waals surface area contributed by atoms with Crippen molar-refractivity contribution < 1.29 is 8.42 Å². The van der Waals surface area contributed by atoms with Gasteiger partial charge in [-0.25, -0.2) is 8.42 Å². The summed E-state index contributed by atoms with van der Waals surface area (Å²) in [5, 5.41) is 0. The van der Waals surface area contributed by atoms with Crippen molar-refractivity contribution in [3.05, 3.63) is 29.3 Å². The second-order valence-electron chi connectivity index (χ2n) is 2.95. The predicted molar refractivity (Wildman–Crippen MR) is 47.9 cm³/mol. The number of hydrogen-bond donors (Lipinski definition) is 0. The van der Waals surface area contributed by atoms with Gasteiger partial charge in [0.25, 0.3) is 0 Å². The van der Waals surface area contributed by atoms with Gasteiger partial charge in [0.05, 0.1) is 4.90 Å². The first-order chi connectivity index (χ1) is 5.39. The first-order valence-corrected chi connectivity index (χ1v) is 5.49. The van der Waals surface area contributed by atoms with Crippen LogP contribution < -0.4 is 0 Å². The third-order valence-electron chi connectivity index (χ3n) is 1.54. The zero-order valence-electron chi connectivity index (χ0n) is 7.38. The second kappa shape index (κ2) is 2.90. The molecule has 0 unspecified atom stereocenters. The topological polar surface area (TPSA) is 34.1 Å². The molecule has 1 radical (unpaired) electrons. The third kappa shape index (κ3) is 2.08. The molecule has 0 aliphatic heterocycles. The van der Waals surface area contributed by atoms with Crippen LogP contribution in [0, 0.1) is 19.9 Å². The molecule has 0 saturated heterocycles. The minimum Gasteiger partial charge on any atom is -0.224 e. The molecular formula is C9H11O2S. The predicted octanol–water partition coefficient (Wildman–Crippen LogP) is 1.51. The highest BCUT2D eigenvalue weighted by Gasteiger charge is 2.07. The summed E-state index contributed by atoms with van der Waals surface area (Å²) < 4.78 is 22.2. The lowest BCUT2D eigenvalue weighted by atomic mass is 10.2. The quantitative estimate of drug-likeness (QED) is 0.661. The average Bonchev–Trinajstić information content (AvgIpc) is 1.82. The first-order valence-electron chi connectivity index (χ1n) is 3.60. The molecular weight excluding hydrogens is 172 g/mol. The summed E-state index contributed by atoms with van der Waals surface area (Å²) >= 11 is 0. The molecule has 0 spiro atoms. The van der Waals surface area contributed by atoms with Crippen molar-refractivity contribution >= 4 is 9.84 Å². The zero-order chi connectivity index (χ0) is 9.35. The van der Waals surface area contributed by atoms with E-state index in [-0.39, 0.29) is 0 Å². The number of aryl methyl sites for hydroxylation is 2. The highest BCUT2D eigenvalue weighted by atomic mass is 32.2. The maximum absolute atomic E-state index is 11.1. The van der Waals surface area contributed by atoms with E-state index in [1.807, 2.05) is 13.8 Å². The Morgan fingerprint density at radius 2 is 1.58 bits per heavy atom. The molecule has 0 N–H and O–H groups in total. The van der Waals surface area contributed by atoms with Gasteiger partial charge in [-0.15, -0.1) is 0 Å². The van der Waals surface area contributed by atoms with Crippen molar-refractivity contribution in [2.24, 2.45) is 0 Å². The fraction of sp³-hybridized carbons (Fsp3) is 0.333. The van der Waals surface area contributed by atoms with E-state index in [2.05, 4.69) is 6.07 Å². The Bertz CT molecular complexity index is 371. The van der Waals surface area contributed by atoms with E-state index >= 15 is 0 Å². The van der Waals surface area contributed by atoms with E-state index < -0.39 is 9.84 Å². The van der Waals surface area contributed by atoms with E-state index in [4.69, 9.17) is 0 Å². The zero-order valence-corrected chi connectivity index (χ0v) is 8.20. The average molecular weight is 183 g/mol. The molecule has 12 heavy (non-hydrogen) atoms. The van der Waals surface area contributed by atoms with Gasteiger partial charge in [0.15, 0.2) is 9.84 Å². The van der Waals surface area contributed by atoms with Crippen LogP contribution in [-0.4, -0.2) is 14.7 Å². The van der Waals surface area contributed by atoms with Gasteiger partial charge in [-0.2, -0.15) is 0 Å². The summed E-state index contributed by atoms with van der Waals surface area (Å²) in [6.45, 7) is 3.67. The molecule has 0 bridgehead atoms. The Kier molecular flexibility index (Phi) is 2.24. The first kappa shape index (κ1) is 9.26. The summed E-state index contributed by atoms with van der Waals surface area (Å²) in [5.74, 6) is 0. The number of rotatable bonds is 1. The summed E-state index contributed by atoms with van der Waals surface area (Å²) in [4.78, 5) is 0.372. The van der Waals surface area contributed by atoms with Crippen LogP contribution in [0.5, 0.6) is 0 Å². The van der Waals surface area contributed by atoms with Crippen molar-refractivity contribution in [3.63, 3.8) is 0 Å². The van der Waals surface area contributed by atoms with Gasteiger partial charge in [-0.1, -0.05) is 0 Å². The standard InChI is InChI=1S/C9H11O2S/c1-7-4-8(2)6-9(5-7)12(3,10)11/h5-6H,1-3H3. The molecule has 0 aliphatic carbocycles. The molecule has 0 saturated carbocycles. The molecule has 65 valence electrons. The number of hydrogen-bond acceptors (Lipinski definition) is 2. The van der Waals surface area contributed by atoms with E-state index in [0.29, 0.717) is 4.90 Å². The lowest BCUT2D eigenvalue weighted by Crippen LogP contribution is -1.97. The maximum atomic E-state index is 11.1. The van der Waals surface area contributed by atoms with Gasteiger partial charge in [-0.05, 0) is 43.2 Å². The van der Waals surface area contributed by atoms with Crippen LogP contribution >= 0.6 is 0 Å². The van der Waals surface area contributed by atoms with Crippen LogP contribution in [0.3, 0.4) is 0 Å². The van der Waals surface area contributed by atoms with Crippen LogP contribution in [0.1, 0.15) is 11.1 Å². The largest absolute Gasteiger partial charge is 0.224 e. The number of benzene rings is 1. The molecule has 0 aromatic heterocycles. The fourth-order valence-corrected chi connectivity index (χ4v) is 1.85. The highest BCUT2D eigenvalue weighted by Crippen LogP contribution is 2.12. The molecule has 0 fully saturated rings. The lowest BCUT2D eigenvalue weighted by molar-refractivity contribution is 0.601. The van der Waals surface area contributed by atoms with Gasteiger partial charge < -0.3 is 0 Å². The SMILES string of the molecule is Cc1[c]c(C)cc(S(C)(=O)=O)c1. The maximum Gasteiger partial charge on any atom is 0.175 e. The van der Waals surface area contributed by atoms with Crippen molar-refractivity contribution in [1.82, 2.24) is 0 Å². The van der Waals surface area contributed by atoms with Crippen LogP contribution in [0.15, 0.2) is 17.0 Å². The van der Waals surface area contributed by atoms with Crippen molar-refractivity contribution in [2.45, 2.75) is 18.7 Å². The van der Waals surface area contributed by atoms with Crippen LogP contribution in [-0.2, 0) is 9.84 Å². The summed E-state index contributed by atoms with van der Waals surface area (Å²) in [7, 11) is -3.07. The van der Waals surface area contributed by atoms with Crippen LogP contribution in [0.4, 0.5) is 0 Å². The Morgan fingerprint density at radius 3 is 1.92 bits per heavy atom. The van der Waals surface area contributed by atoms with Gasteiger partial charge in [-0.3, -0.25) is 0 Å². The molecule has 1 aromatic carbocycles. The minimum absolute atomic E-state index is 0.372. The highest BCUT2D eigenvalue weighted by molar-refractivity contribution is 7.90. The molecule has 1 aromatic rings. The van der Waals surface area contributed by atoms with Crippen molar-refractivity contribution in [2.75, 3.05) is 6.26 Å². The summed E-state index contributed by atoms with van der Waals surface area (Å²) in [6, 6.07) is 6.27. The molecule has 2 nitrogen and oxygen atoms in total. The minimum atomic E-state index is -3.07. The fourth-order valence-electron chi connectivity index (χ4n) is 1.07. The van der Waals surface area contributed by atoms with E-state index in [0.717, 1.165) is 11.1 Å². The number of sulfone groups is 1. The van der Waals surface area contributed by atoms with Gasteiger partial charge in [0, 0.05) is 6.26 Å². The Balaban J connectivity index is 3.37. The second-order valence-corrected chi connectivity index (χ2v) is 4.97.